The van der Waals surface area contributed by atoms with Crippen LogP contribution in [0.2, 0.25) is 0 Å². The molecule has 0 bridgehead atoms. The number of benzene rings is 1. The Labute approximate surface area is 137 Å². The number of imidazole rings is 1. The molecule has 128 valence electrons. The van der Waals surface area contributed by atoms with Gasteiger partial charge in [0.25, 0.3) is 0 Å². The maximum absolute atomic E-state index is 12.9. The fraction of sp³-hybridized carbons (Fsp3) is 0.529. The fourth-order valence-electron chi connectivity index (χ4n) is 3.88. The van der Waals surface area contributed by atoms with E-state index in [9.17, 15) is 18.4 Å². The minimum atomic E-state index is -2.67. The number of aromatic amines is 1. The molecule has 7 heteroatoms. The molecule has 1 aliphatic heterocycles. The minimum Gasteiger partial charge on any atom is -0.342 e. The molecule has 2 aliphatic rings. The number of alkyl halides is 2. The van der Waals surface area contributed by atoms with Gasteiger partial charge in [0.2, 0.25) is 11.8 Å². The SMILES string of the molecule is O=C(C1CC(F)(F)C1)N1CCC(n2c(=O)[nH]c3ccccc32)CC1. The summed E-state index contributed by atoms with van der Waals surface area (Å²) in [6.07, 6.45) is 0.675. The van der Waals surface area contributed by atoms with Gasteiger partial charge in [-0.3, -0.25) is 9.36 Å². The third-order valence-corrected chi connectivity index (χ3v) is 5.20. The van der Waals surface area contributed by atoms with Crippen molar-refractivity contribution in [2.75, 3.05) is 13.1 Å². The normalized spacial score (nSPS) is 21.8. The Kier molecular flexibility index (Phi) is 3.47. The highest BCUT2D eigenvalue weighted by Gasteiger charge is 2.50. The van der Waals surface area contributed by atoms with Crippen molar-refractivity contribution in [1.29, 1.82) is 0 Å². The summed E-state index contributed by atoms with van der Waals surface area (Å²) in [5.41, 5.74) is 1.53. The molecule has 4 rings (SSSR count). The number of piperidine rings is 1. The van der Waals surface area contributed by atoms with Crippen LogP contribution in [0.25, 0.3) is 11.0 Å². The first kappa shape index (κ1) is 15.4. The number of rotatable bonds is 2. The quantitative estimate of drug-likeness (QED) is 0.917. The van der Waals surface area contributed by atoms with Gasteiger partial charge >= 0.3 is 5.69 Å². The second kappa shape index (κ2) is 5.43. The standard InChI is InChI=1S/C17H19F2N3O2/c18-17(19)9-11(10-17)15(23)21-7-5-12(6-8-21)22-14-4-2-1-3-13(14)20-16(22)24/h1-4,11-12H,5-10H2,(H,20,24). The number of nitrogens with zero attached hydrogens (tertiary/aromatic N) is 2. The van der Waals surface area contributed by atoms with Crippen LogP contribution in [0.1, 0.15) is 31.7 Å². The number of amides is 1. The molecule has 1 aromatic heterocycles. The van der Waals surface area contributed by atoms with Crippen LogP contribution in [-0.2, 0) is 4.79 Å². The Morgan fingerprint density at radius 2 is 1.83 bits per heavy atom. The summed E-state index contributed by atoms with van der Waals surface area (Å²) >= 11 is 0. The molecular weight excluding hydrogens is 316 g/mol. The maximum Gasteiger partial charge on any atom is 0.326 e. The average Bonchev–Trinajstić information content (AvgIpc) is 2.88. The number of hydrogen-bond donors (Lipinski definition) is 1. The van der Waals surface area contributed by atoms with Gasteiger partial charge in [0.05, 0.1) is 11.0 Å². The highest BCUT2D eigenvalue weighted by atomic mass is 19.3. The van der Waals surface area contributed by atoms with E-state index >= 15 is 0 Å². The van der Waals surface area contributed by atoms with Gasteiger partial charge in [-0.2, -0.15) is 0 Å². The Bertz CT molecular complexity index is 826. The van der Waals surface area contributed by atoms with Gasteiger partial charge in [0, 0.05) is 37.9 Å². The van der Waals surface area contributed by atoms with Crippen LogP contribution < -0.4 is 5.69 Å². The summed E-state index contributed by atoms with van der Waals surface area (Å²) in [6.45, 7) is 1.02. The number of carbonyl (C=O) groups excluding carboxylic acids is 1. The molecule has 5 nitrogen and oxygen atoms in total. The van der Waals surface area contributed by atoms with E-state index in [4.69, 9.17) is 0 Å². The first-order valence-electron chi connectivity index (χ1n) is 8.30. The van der Waals surface area contributed by atoms with Crippen molar-refractivity contribution in [3.05, 3.63) is 34.7 Å². The van der Waals surface area contributed by atoms with Crippen LogP contribution in [0.15, 0.2) is 29.1 Å². The Morgan fingerprint density at radius 1 is 1.17 bits per heavy atom. The molecule has 1 saturated carbocycles. The number of halogens is 2. The summed E-state index contributed by atoms with van der Waals surface area (Å²) < 4.78 is 27.6. The van der Waals surface area contributed by atoms with Gasteiger partial charge in [-0.1, -0.05) is 12.1 Å². The van der Waals surface area contributed by atoms with Gasteiger partial charge in [-0.05, 0) is 25.0 Å². The molecule has 1 saturated heterocycles. The van der Waals surface area contributed by atoms with E-state index in [0.29, 0.717) is 25.9 Å². The van der Waals surface area contributed by atoms with E-state index in [1.807, 2.05) is 24.3 Å². The van der Waals surface area contributed by atoms with Gasteiger partial charge in [0.1, 0.15) is 0 Å². The van der Waals surface area contributed by atoms with Crippen LogP contribution >= 0.6 is 0 Å². The Hall–Kier alpha value is -2.18. The predicted octanol–water partition coefficient (Wildman–Crippen LogP) is 2.54. The van der Waals surface area contributed by atoms with Crippen molar-refractivity contribution in [2.45, 2.75) is 37.6 Å². The molecule has 0 atom stereocenters. The zero-order valence-electron chi connectivity index (χ0n) is 13.2. The van der Waals surface area contributed by atoms with Gasteiger partial charge < -0.3 is 9.88 Å². The third kappa shape index (κ3) is 2.52. The predicted molar refractivity (Wildman–Crippen MR) is 85.1 cm³/mol. The van der Waals surface area contributed by atoms with Gasteiger partial charge in [-0.15, -0.1) is 0 Å². The van der Waals surface area contributed by atoms with Crippen LogP contribution in [-0.4, -0.2) is 39.4 Å². The van der Waals surface area contributed by atoms with E-state index in [1.54, 1.807) is 9.47 Å². The average molecular weight is 335 g/mol. The lowest BCUT2D eigenvalue weighted by atomic mass is 9.80. The third-order valence-electron chi connectivity index (χ3n) is 5.20. The largest absolute Gasteiger partial charge is 0.342 e. The molecule has 1 aromatic carbocycles. The van der Waals surface area contributed by atoms with E-state index < -0.39 is 11.8 Å². The van der Waals surface area contributed by atoms with Crippen molar-refractivity contribution < 1.29 is 13.6 Å². The molecule has 24 heavy (non-hydrogen) atoms. The van der Waals surface area contributed by atoms with Gasteiger partial charge in [0.15, 0.2) is 0 Å². The fourth-order valence-corrected chi connectivity index (χ4v) is 3.88. The monoisotopic (exact) mass is 335 g/mol. The van der Waals surface area contributed by atoms with E-state index in [1.165, 1.54) is 0 Å². The smallest absolute Gasteiger partial charge is 0.326 e. The number of hydrogen-bond acceptors (Lipinski definition) is 2. The number of para-hydroxylation sites is 2. The summed E-state index contributed by atoms with van der Waals surface area (Å²) in [4.78, 5) is 29.0. The zero-order chi connectivity index (χ0) is 16.9. The number of H-pyrrole nitrogens is 1. The van der Waals surface area contributed by atoms with E-state index in [2.05, 4.69) is 4.98 Å². The summed E-state index contributed by atoms with van der Waals surface area (Å²) in [6, 6.07) is 7.56. The molecule has 0 spiro atoms. The molecule has 0 unspecified atom stereocenters. The molecule has 0 radical (unpaired) electrons. The van der Waals surface area contributed by atoms with Crippen molar-refractivity contribution in [1.82, 2.24) is 14.5 Å². The molecule has 1 amide bonds. The number of likely N-dealkylation sites (tertiary alicyclic amines) is 1. The molecule has 2 aromatic rings. The van der Waals surface area contributed by atoms with Crippen molar-refractivity contribution in [3.8, 4) is 0 Å². The summed E-state index contributed by atoms with van der Waals surface area (Å²) in [7, 11) is 0. The minimum absolute atomic E-state index is 0.0283. The van der Waals surface area contributed by atoms with Crippen molar-refractivity contribution >= 4 is 16.9 Å². The highest BCUT2D eigenvalue weighted by molar-refractivity contribution is 5.80. The van der Waals surface area contributed by atoms with Crippen LogP contribution in [0.5, 0.6) is 0 Å². The summed E-state index contributed by atoms with van der Waals surface area (Å²) in [5.74, 6) is -3.37. The number of fused-ring (bicyclic) bond motifs is 1. The molecule has 1 aliphatic carbocycles. The molecule has 2 fully saturated rings. The molecule has 1 N–H and O–H groups in total. The molecular formula is C17H19F2N3O2. The topological polar surface area (TPSA) is 58.1 Å². The van der Waals surface area contributed by atoms with Crippen LogP contribution in [0.3, 0.4) is 0 Å². The van der Waals surface area contributed by atoms with Crippen LogP contribution in [0, 0.1) is 5.92 Å². The van der Waals surface area contributed by atoms with E-state index in [0.717, 1.165) is 11.0 Å². The lowest BCUT2D eigenvalue weighted by molar-refractivity contribution is -0.160. The first-order chi connectivity index (χ1) is 11.4. The molecule has 2 heterocycles. The second-order valence-corrected chi connectivity index (χ2v) is 6.83. The maximum atomic E-state index is 12.9. The zero-order valence-corrected chi connectivity index (χ0v) is 13.2. The Balaban J connectivity index is 1.45. The highest BCUT2D eigenvalue weighted by Crippen LogP contribution is 2.43. The van der Waals surface area contributed by atoms with Crippen LogP contribution in [0.4, 0.5) is 8.78 Å². The van der Waals surface area contributed by atoms with E-state index in [-0.39, 0.29) is 30.5 Å². The first-order valence-corrected chi connectivity index (χ1v) is 8.30. The number of carbonyl (C=O) groups is 1. The van der Waals surface area contributed by atoms with Gasteiger partial charge in [-0.25, -0.2) is 13.6 Å². The van der Waals surface area contributed by atoms with Crippen molar-refractivity contribution in [2.24, 2.45) is 5.92 Å². The summed E-state index contributed by atoms with van der Waals surface area (Å²) in [5, 5.41) is 0. The lowest BCUT2D eigenvalue weighted by Crippen LogP contribution is -2.49. The van der Waals surface area contributed by atoms with Crippen molar-refractivity contribution in [3.63, 3.8) is 0 Å². The second-order valence-electron chi connectivity index (χ2n) is 6.83. The number of nitrogens with one attached hydrogen (secondary N) is 1. The Morgan fingerprint density at radius 3 is 2.50 bits per heavy atom. The lowest BCUT2D eigenvalue weighted by Gasteiger charge is -2.39. The number of aromatic nitrogens is 2.